The molecule has 1 atom stereocenters. The van der Waals surface area contributed by atoms with Gasteiger partial charge in [-0.1, -0.05) is 30.3 Å². The molecule has 9 heteroatoms. The predicted octanol–water partition coefficient (Wildman–Crippen LogP) is 5.20. The summed E-state index contributed by atoms with van der Waals surface area (Å²) in [4.78, 5) is 37.6. The summed E-state index contributed by atoms with van der Waals surface area (Å²) in [6.45, 7) is 0.885. The Kier molecular flexibility index (Phi) is 5.74. The topological polar surface area (TPSA) is 108 Å². The molecule has 1 N–H and O–H groups in total. The first-order chi connectivity index (χ1) is 19.7. The second-order valence-electron chi connectivity index (χ2n) is 9.27. The molecule has 9 nitrogen and oxygen atoms in total. The number of rotatable bonds is 5. The van der Waals surface area contributed by atoms with Crippen molar-refractivity contribution in [2.45, 2.75) is 6.04 Å². The molecule has 1 amide bonds. The summed E-state index contributed by atoms with van der Waals surface area (Å²) in [6, 6.07) is 24.0. The Morgan fingerprint density at radius 1 is 0.875 bits per heavy atom. The molecule has 0 saturated carbocycles. The Labute approximate surface area is 227 Å². The Morgan fingerprint density at radius 2 is 1.68 bits per heavy atom. The number of ether oxygens (including phenoxy) is 2. The lowest BCUT2D eigenvalue weighted by Gasteiger charge is -2.24. The molecule has 3 aromatic heterocycles. The van der Waals surface area contributed by atoms with Crippen molar-refractivity contribution in [3.63, 3.8) is 0 Å². The molecule has 7 rings (SSSR count). The number of aromatic nitrogens is 3. The largest absolute Gasteiger partial charge is 0.486 e. The summed E-state index contributed by atoms with van der Waals surface area (Å²) in [7, 11) is 0. The van der Waals surface area contributed by atoms with E-state index in [0.29, 0.717) is 58.3 Å². The van der Waals surface area contributed by atoms with Crippen LogP contribution in [0.3, 0.4) is 0 Å². The maximum Gasteiger partial charge on any atom is 0.281 e. The zero-order chi connectivity index (χ0) is 27.1. The molecule has 1 aliphatic heterocycles. The van der Waals surface area contributed by atoms with Crippen LogP contribution in [0.1, 0.15) is 11.6 Å². The highest BCUT2D eigenvalue weighted by atomic mass is 16.6. The van der Waals surface area contributed by atoms with Gasteiger partial charge in [-0.25, -0.2) is 4.98 Å². The minimum absolute atomic E-state index is 0.110. The third-order valence-corrected chi connectivity index (χ3v) is 6.84. The van der Waals surface area contributed by atoms with E-state index in [1.807, 2.05) is 36.4 Å². The van der Waals surface area contributed by atoms with Crippen LogP contribution >= 0.6 is 0 Å². The maximum absolute atomic E-state index is 14.3. The summed E-state index contributed by atoms with van der Waals surface area (Å²) in [6.07, 6.45) is 3.13. The van der Waals surface area contributed by atoms with E-state index in [-0.39, 0.29) is 5.69 Å². The SMILES string of the molecule is O=C(Nc1ccc2c(c1)OCCO2)C(c1ccnc2ccccc12)n1c(=O)c(-c2ccco2)nc2ccccc21. The maximum atomic E-state index is 14.3. The molecule has 0 bridgehead atoms. The summed E-state index contributed by atoms with van der Waals surface area (Å²) >= 11 is 0. The van der Waals surface area contributed by atoms with E-state index < -0.39 is 17.5 Å². The van der Waals surface area contributed by atoms with Crippen LogP contribution in [0.4, 0.5) is 5.69 Å². The highest BCUT2D eigenvalue weighted by Gasteiger charge is 2.30. The first-order valence-corrected chi connectivity index (χ1v) is 12.8. The number of pyridine rings is 1. The number of carbonyl (C=O) groups excluding carboxylic acids is 1. The Hall–Kier alpha value is -5.44. The van der Waals surface area contributed by atoms with Crippen molar-refractivity contribution in [3.8, 4) is 23.0 Å². The molecular weight excluding hydrogens is 508 g/mol. The van der Waals surface area contributed by atoms with Crippen LogP contribution in [0.25, 0.3) is 33.4 Å². The van der Waals surface area contributed by atoms with E-state index in [2.05, 4.69) is 15.3 Å². The lowest BCUT2D eigenvalue weighted by Crippen LogP contribution is -2.35. The normalized spacial score (nSPS) is 13.3. The van der Waals surface area contributed by atoms with Gasteiger partial charge in [-0.3, -0.25) is 19.1 Å². The van der Waals surface area contributed by atoms with Gasteiger partial charge in [0.15, 0.2) is 23.0 Å². The van der Waals surface area contributed by atoms with Crippen LogP contribution < -0.4 is 20.3 Å². The zero-order valence-corrected chi connectivity index (χ0v) is 21.1. The molecular formula is C31H22N4O5. The number of furan rings is 1. The fourth-order valence-electron chi connectivity index (χ4n) is 5.07. The number of carbonyl (C=O) groups is 1. The van der Waals surface area contributed by atoms with Gasteiger partial charge in [-0.15, -0.1) is 0 Å². The molecule has 4 heterocycles. The van der Waals surface area contributed by atoms with Crippen LogP contribution in [0.15, 0.2) is 107 Å². The fourth-order valence-corrected chi connectivity index (χ4v) is 5.07. The first-order valence-electron chi connectivity index (χ1n) is 12.8. The lowest BCUT2D eigenvalue weighted by atomic mass is 10.00. The average molecular weight is 531 g/mol. The van der Waals surface area contributed by atoms with Crippen molar-refractivity contribution in [3.05, 3.63) is 113 Å². The molecule has 196 valence electrons. The van der Waals surface area contributed by atoms with Gasteiger partial charge in [0.2, 0.25) is 0 Å². The smallest absolute Gasteiger partial charge is 0.281 e. The number of fused-ring (bicyclic) bond motifs is 3. The molecule has 0 aliphatic carbocycles. The van der Waals surface area contributed by atoms with Gasteiger partial charge in [0.25, 0.3) is 11.5 Å². The lowest BCUT2D eigenvalue weighted by molar-refractivity contribution is -0.118. The second kappa shape index (κ2) is 9.70. The number of hydrogen-bond donors (Lipinski definition) is 1. The summed E-state index contributed by atoms with van der Waals surface area (Å²) in [5.41, 5.74) is 2.53. The number of nitrogens with zero attached hydrogens (tertiary/aromatic N) is 3. The standard InChI is InChI=1S/C31H22N4O5/c36-30(33-19-11-12-25-27(18-19)40-17-16-39-25)29(21-13-14-32-22-7-2-1-6-20(21)22)35-24-9-4-3-8-23(24)34-28(31(35)37)26-10-5-15-38-26/h1-15,18,29H,16-17H2,(H,33,36). The molecule has 1 aliphatic rings. The molecule has 40 heavy (non-hydrogen) atoms. The van der Waals surface area contributed by atoms with Crippen molar-refractivity contribution < 1.29 is 18.7 Å². The molecule has 0 fully saturated rings. The van der Waals surface area contributed by atoms with E-state index >= 15 is 0 Å². The van der Waals surface area contributed by atoms with E-state index in [0.717, 1.165) is 5.39 Å². The summed E-state index contributed by atoms with van der Waals surface area (Å²) in [5.74, 6) is 1.05. The van der Waals surface area contributed by atoms with Gasteiger partial charge < -0.3 is 19.2 Å². The average Bonchev–Trinajstić information content (AvgIpc) is 3.53. The molecule has 0 radical (unpaired) electrons. The number of anilines is 1. The first kappa shape index (κ1) is 23.7. The molecule has 1 unspecified atom stereocenters. The highest BCUT2D eigenvalue weighted by Crippen LogP contribution is 2.34. The second-order valence-corrected chi connectivity index (χ2v) is 9.27. The van der Waals surface area contributed by atoms with Gasteiger partial charge in [0, 0.05) is 23.3 Å². The molecule has 0 spiro atoms. The van der Waals surface area contributed by atoms with Crippen molar-refractivity contribution in [2.75, 3.05) is 18.5 Å². The highest BCUT2D eigenvalue weighted by molar-refractivity contribution is 6.00. The van der Waals surface area contributed by atoms with Gasteiger partial charge in [0.05, 0.1) is 22.8 Å². The minimum atomic E-state index is -1.07. The minimum Gasteiger partial charge on any atom is -0.486 e. The number of hydrogen-bond acceptors (Lipinski definition) is 7. The van der Waals surface area contributed by atoms with Gasteiger partial charge >= 0.3 is 0 Å². The van der Waals surface area contributed by atoms with Crippen LogP contribution in [0.2, 0.25) is 0 Å². The van der Waals surface area contributed by atoms with E-state index in [4.69, 9.17) is 13.9 Å². The molecule has 0 saturated heterocycles. The number of amides is 1. The van der Waals surface area contributed by atoms with Crippen molar-refractivity contribution in [1.29, 1.82) is 0 Å². The van der Waals surface area contributed by atoms with Crippen LogP contribution in [-0.2, 0) is 4.79 Å². The Balaban J connectivity index is 1.46. The van der Waals surface area contributed by atoms with Crippen LogP contribution in [-0.4, -0.2) is 33.7 Å². The van der Waals surface area contributed by atoms with Crippen LogP contribution in [0.5, 0.6) is 11.5 Å². The molecule has 3 aromatic carbocycles. The quantitative estimate of drug-likeness (QED) is 0.326. The van der Waals surface area contributed by atoms with Crippen molar-refractivity contribution in [1.82, 2.24) is 14.5 Å². The van der Waals surface area contributed by atoms with Crippen molar-refractivity contribution >= 4 is 33.5 Å². The van der Waals surface area contributed by atoms with E-state index in [1.165, 1.54) is 10.8 Å². The van der Waals surface area contributed by atoms with E-state index in [1.54, 1.807) is 54.7 Å². The third kappa shape index (κ3) is 4.04. The van der Waals surface area contributed by atoms with Gasteiger partial charge in [0.1, 0.15) is 19.3 Å². The van der Waals surface area contributed by atoms with Gasteiger partial charge in [-0.2, -0.15) is 0 Å². The van der Waals surface area contributed by atoms with E-state index in [9.17, 15) is 9.59 Å². The molecule has 6 aromatic rings. The summed E-state index contributed by atoms with van der Waals surface area (Å²) in [5, 5.41) is 3.75. The zero-order valence-electron chi connectivity index (χ0n) is 21.1. The number of para-hydroxylation sites is 3. The van der Waals surface area contributed by atoms with Gasteiger partial charge in [-0.05, 0) is 54.1 Å². The fraction of sp³-hybridized carbons (Fsp3) is 0.0968. The Bertz CT molecular complexity index is 1940. The number of nitrogens with one attached hydrogen (secondary N) is 1. The number of benzene rings is 3. The summed E-state index contributed by atoms with van der Waals surface area (Å²) < 4.78 is 18.4. The third-order valence-electron chi connectivity index (χ3n) is 6.84. The van der Waals surface area contributed by atoms with Crippen molar-refractivity contribution in [2.24, 2.45) is 0 Å². The predicted molar refractivity (Wildman–Crippen MR) is 150 cm³/mol. The van der Waals surface area contributed by atoms with Crippen LogP contribution in [0, 0.1) is 0 Å². The monoisotopic (exact) mass is 530 g/mol. The Morgan fingerprint density at radius 3 is 2.52 bits per heavy atom.